The van der Waals surface area contributed by atoms with E-state index in [0.717, 1.165) is 19.0 Å². The van der Waals surface area contributed by atoms with Gasteiger partial charge in [-0.05, 0) is 34.7 Å². The summed E-state index contributed by atoms with van der Waals surface area (Å²) >= 11 is 0. The first-order valence-electron chi connectivity index (χ1n) is 7.18. The molecule has 0 amide bonds. The lowest BCUT2D eigenvalue weighted by Crippen LogP contribution is -2.61. The lowest BCUT2D eigenvalue weighted by atomic mass is 9.66. The Labute approximate surface area is 116 Å². The van der Waals surface area contributed by atoms with Gasteiger partial charge >= 0.3 is 5.82 Å². The van der Waals surface area contributed by atoms with Crippen molar-refractivity contribution in [1.29, 1.82) is 0 Å². The summed E-state index contributed by atoms with van der Waals surface area (Å²) in [6, 6.07) is 3.07. The van der Waals surface area contributed by atoms with Gasteiger partial charge in [-0.15, -0.1) is 0 Å². The molecule has 0 aromatic carbocycles. The third-order valence-corrected chi connectivity index (χ3v) is 4.88. The molecule has 106 valence electrons. The second-order valence-corrected chi connectivity index (χ2v) is 6.27. The third kappa shape index (κ3) is 1.95. The number of aromatic nitrogens is 1. The van der Waals surface area contributed by atoms with Crippen molar-refractivity contribution >= 4 is 5.82 Å². The number of pyridine rings is 1. The van der Waals surface area contributed by atoms with Gasteiger partial charge in [0, 0.05) is 37.5 Å². The molecule has 1 saturated carbocycles. The second kappa shape index (κ2) is 4.41. The van der Waals surface area contributed by atoms with Crippen LogP contribution in [0.1, 0.15) is 12.8 Å². The third-order valence-electron chi connectivity index (χ3n) is 4.88. The Morgan fingerprint density at radius 1 is 1.25 bits per heavy atom. The monoisotopic (exact) mass is 275 g/mol. The second-order valence-electron chi connectivity index (χ2n) is 6.27. The maximum Gasteiger partial charge on any atom is 0.363 e. The molecule has 4 fully saturated rings. The van der Waals surface area contributed by atoms with Gasteiger partial charge in [0.25, 0.3) is 0 Å². The van der Waals surface area contributed by atoms with Gasteiger partial charge in [-0.25, -0.2) is 0 Å². The van der Waals surface area contributed by atoms with Crippen LogP contribution in [0.2, 0.25) is 0 Å². The number of nitrogens with zero attached hydrogens (tertiary/aromatic N) is 3. The van der Waals surface area contributed by atoms with Crippen molar-refractivity contribution in [2.24, 2.45) is 17.8 Å². The molecular formula is C14H17N3O3. The van der Waals surface area contributed by atoms with Crippen LogP contribution in [0.15, 0.2) is 18.3 Å². The van der Waals surface area contributed by atoms with Crippen molar-refractivity contribution in [1.82, 2.24) is 9.88 Å². The summed E-state index contributed by atoms with van der Waals surface area (Å²) in [5, 5.41) is 10.6. The van der Waals surface area contributed by atoms with Gasteiger partial charge in [-0.2, -0.15) is 0 Å². The number of ether oxygens (including phenoxy) is 1. The summed E-state index contributed by atoms with van der Waals surface area (Å²) in [6.45, 7) is 3.54. The van der Waals surface area contributed by atoms with Crippen LogP contribution in [0, 0.1) is 27.9 Å². The Morgan fingerprint density at radius 3 is 2.55 bits per heavy atom. The van der Waals surface area contributed by atoms with Crippen molar-refractivity contribution in [3.63, 3.8) is 0 Å². The van der Waals surface area contributed by atoms with E-state index in [1.807, 2.05) is 0 Å². The quantitative estimate of drug-likeness (QED) is 0.620. The summed E-state index contributed by atoms with van der Waals surface area (Å²) in [7, 11) is 0. The topological polar surface area (TPSA) is 68.5 Å². The predicted octanol–water partition coefficient (Wildman–Crippen LogP) is 1.71. The van der Waals surface area contributed by atoms with Crippen molar-refractivity contribution in [2.45, 2.75) is 18.9 Å². The van der Waals surface area contributed by atoms with Crippen molar-refractivity contribution < 1.29 is 9.66 Å². The normalized spacial score (nSPS) is 37.9. The lowest BCUT2D eigenvalue weighted by Gasteiger charge is -2.55. The molecule has 6 heteroatoms. The van der Waals surface area contributed by atoms with E-state index < -0.39 is 4.92 Å². The molecule has 1 aromatic rings. The van der Waals surface area contributed by atoms with Crippen LogP contribution in [-0.2, 0) is 0 Å². The van der Waals surface area contributed by atoms with Crippen molar-refractivity contribution in [2.75, 3.05) is 19.6 Å². The predicted molar refractivity (Wildman–Crippen MR) is 71.5 cm³/mol. The largest absolute Gasteiger partial charge is 0.486 e. The van der Waals surface area contributed by atoms with Crippen molar-refractivity contribution in [3.8, 4) is 5.75 Å². The van der Waals surface area contributed by atoms with Gasteiger partial charge in [0.05, 0.1) is 0 Å². The molecule has 3 saturated heterocycles. The van der Waals surface area contributed by atoms with Crippen LogP contribution in [0.3, 0.4) is 0 Å². The van der Waals surface area contributed by atoms with Gasteiger partial charge in [0.2, 0.25) is 0 Å². The first kappa shape index (κ1) is 12.1. The molecule has 3 aliphatic heterocycles. The minimum Gasteiger partial charge on any atom is -0.486 e. The highest BCUT2D eigenvalue weighted by molar-refractivity contribution is 5.27. The Hall–Kier alpha value is -1.69. The van der Waals surface area contributed by atoms with Gasteiger partial charge in [-0.3, -0.25) is 0 Å². The maximum absolute atomic E-state index is 10.6. The van der Waals surface area contributed by atoms with E-state index in [0.29, 0.717) is 17.6 Å². The van der Waals surface area contributed by atoms with E-state index in [1.165, 1.54) is 31.6 Å². The average Bonchev–Trinajstić information content (AvgIpc) is 2.42. The number of piperidine rings is 3. The molecule has 20 heavy (non-hydrogen) atoms. The fourth-order valence-corrected chi connectivity index (χ4v) is 4.26. The molecule has 1 aromatic heterocycles. The fraction of sp³-hybridized carbons (Fsp3) is 0.643. The van der Waals surface area contributed by atoms with Crippen LogP contribution >= 0.6 is 0 Å². The zero-order chi connectivity index (χ0) is 13.7. The SMILES string of the molecule is O=[N+]([O-])c1ccc(OC2[C@H]3CC4C[C@H]2CN(C4)C3)cn1. The molecular weight excluding hydrogens is 258 g/mol. The molecule has 2 atom stereocenters. The molecule has 4 heterocycles. The summed E-state index contributed by atoms with van der Waals surface area (Å²) < 4.78 is 6.11. The zero-order valence-corrected chi connectivity index (χ0v) is 11.1. The first-order chi connectivity index (χ1) is 9.69. The average molecular weight is 275 g/mol. The molecule has 6 nitrogen and oxygen atoms in total. The van der Waals surface area contributed by atoms with E-state index in [1.54, 1.807) is 6.07 Å². The minimum absolute atomic E-state index is 0.131. The molecule has 0 unspecified atom stereocenters. The summed E-state index contributed by atoms with van der Waals surface area (Å²) in [5.74, 6) is 2.59. The number of rotatable bonds is 3. The number of hydrogen-bond acceptors (Lipinski definition) is 5. The molecule has 1 aliphatic carbocycles. The van der Waals surface area contributed by atoms with E-state index in [-0.39, 0.29) is 11.9 Å². The van der Waals surface area contributed by atoms with E-state index in [4.69, 9.17) is 4.74 Å². The summed E-state index contributed by atoms with van der Waals surface area (Å²) in [5.41, 5.74) is 0. The Kier molecular flexibility index (Phi) is 2.66. The van der Waals surface area contributed by atoms with Gasteiger partial charge in [-0.1, -0.05) is 0 Å². The van der Waals surface area contributed by atoms with Crippen molar-refractivity contribution in [3.05, 3.63) is 28.4 Å². The van der Waals surface area contributed by atoms with Crippen LogP contribution in [0.5, 0.6) is 5.75 Å². The lowest BCUT2D eigenvalue weighted by molar-refractivity contribution is -0.389. The minimum atomic E-state index is -0.486. The Morgan fingerprint density at radius 2 is 2.00 bits per heavy atom. The van der Waals surface area contributed by atoms with Gasteiger partial charge in [0.15, 0.2) is 11.9 Å². The zero-order valence-electron chi connectivity index (χ0n) is 11.1. The van der Waals surface area contributed by atoms with Crippen LogP contribution in [0.4, 0.5) is 5.82 Å². The van der Waals surface area contributed by atoms with Crippen LogP contribution in [0.25, 0.3) is 0 Å². The molecule has 5 rings (SSSR count). The van der Waals surface area contributed by atoms with Crippen LogP contribution in [-0.4, -0.2) is 40.5 Å². The number of hydrogen-bond donors (Lipinski definition) is 0. The highest BCUT2D eigenvalue weighted by Gasteiger charge is 2.48. The smallest absolute Gasteiger partial charge is 0.363 e. The van der Waals surface area contributed by atoms with E-state index in [9.17, 15) is 10.1 Å². The Balaban J connectivity index is 1.50. The molecule has 0 radical (unpaired) electrons. The first-order valence-corrected chi connectivity index (χ1v) is 7.18. The maximum atomic E-state index is 10.6. The summed E-state index contributed by atoms with van der Waals surface area (Å²) in [6.07, 6.45) is 4.26. The van der Waals surface area contributed by atoms with E-state index >= 15 is 0 Å². The number of nitro groups is 1. The van der Waals surface area contributed by atoms with Gasteiger partial charge in [0.1, 0.15) is 6.10 Å². The Bertz CT molecular complexity index is 503. The molecule has 4 aliphatic rings. The molecule has 0 spiro atoms. The van der Waals surface area contributed by atoms with E-state index in [2.05, 4.69) is 9.88 Å². The summed E-state index contributed by atoms with van der Waals surface area (Å²) in [4.78, 5) is 16.5. The fourth-order valence-electron chi connectivity index (χ4n) is 4.26. The highest BCUT2D eigenvalue weighted by atomic mass is 16.6. The molecule has 0 N–H and O–H groups in total. The van der Waals surface area contributed by atoms with Gasteiger partial charge < -0.3 is 19.8 Å². The molecule has 4 bridgehead atoms. The highest BCUT2D eigenvalue weighted by Crippen LogP contribution is 2.44. The van der Waals surface area contributed by atoms with Crippen LogP contribution < -0.4 is 4.74 Å². The standard InChI is InChI=1S/C14H17N3O3/c18-17(19)13-2-1-12(5-15-13)20-14-10-3-9-4-11(14)8-16(6-9)7-10/h1-2,5,9-11,14H,3-4,6-8H2/t9?,10-,11-,14?/m0/s1.